The standard InChI is InChI=1S/C16H18N2O2/c1-3-11-4-6-12(7-5-11)14-9-15(20-18-14)17-16(19)13-8-10(13)2/h4-7,9-10,13H,3,8H2,1-2H3,(H,17,19). The van der Waals surface area contributed by atoms with Crippen molar-refractivity contribution >= 4 is 11.8 Å². The first-order chi connectivity index (χ1) is 9.67. The first kappa shape index (κ1) is 12.9. The Hall–Kier alpha value is -2.10. The number of amides is 1. The van der Waals surface area contributed by atoms with E-state index >= 15 is 0 Å². The van der Waals surface area contributed by atoms with Crippen LogP contribution >= 0.6 is 0 Å². The Labute approximate surface area is 118 Å². The van der Waals surface area contributed by atoms with Gasteiger partial charge in [-0.1, -0.05) is 43.3 Å². The number of anilines is 1. The number of carbonyl (C=O) groups excluding carboxylic acids is 1. The minimum atomic E-state index is 0.0292. The van der Waals surface area contributed by atoms with Crippen molar-refractivity contribution in [3.63, 3.8) is 0 Å². The average molecular weight is 270 g/mol. The first-order valence-corrected chi connectivity index (χ1v) is 7.04. The van der Waals surface area contributed by atoms with Gasteiger partial charge in [0, 0.05) is 17.5 Å². The van der Waals surface area contributed by atoms with Crippen LogP contribution < -0.4 is 5.32 Å². The number of benzene rings is 1. The van der Waals surface area contributed by atoms with Gasteiger partial charge in [-0.15, -0.1) is 0 Å². The summed E-state index contributed by atoms with van der Waals surface area (Å²) in [5.74, 6) is 1.07. The topological polar surface area (TPSA) is 55.1 Å². The van der Waals surface area contributed by atoms with Crippen molar-refractivity contribution in [3.8, 4) is 11.3 Å². The van der Waals surface area contributed by atoms with Gasteiger partial charge in [0.1, 0.15) is 5.69 Å². The van der Waals surface area contributed by atoms with Gasteiger partial charge >= 0.3 is 0 Å². The Morgan fingerprint density at radius 3 is 2.70 bits per heavy atom. The number of nitrogens with zero attached hydrogens (tertiary/aromatic N) is 1. The zero-order valence-electron chi connectivity index (χ0n) is 11.7. The van der Waals surface area contributed by atoms with Crippen LogP contribution in [0.3, 0.4) is 0 Å². The number of aryl methyl sites for hydroxylation is 1. The fourth-order valence-electron chi connectivity index (χ4n) is 2.28. The van der Waals surface area contributed by atoms with Crippen molar-refractivity contribution in [2.24, 2.45) is 11.8 Å². The van der Waals surface area contributed by atoms with Gasteiger partial charge in [0.05, 0.1) is 0 Å². The van der Waals surface area contributed by atoms with E-state index in [4.69, 9.17) is 4.52 Å². The third-order valence-electron chi connectivity index (χ3n) is 3.86. The van der Waals surface area contributed by atoms with Crippen LogP contribution in [0.2, 0.25) is 0 Å². The molecule has 2 unspecified atom stereocenters. The molecule has 1 aromatic heterocycles. The van der Waals surface area contributed by atoms with Crippen molar-refractivity contribution in [3.05, 3.63) is 35.9 Å². The molecule has 1 amide bonds. The van der Waals surface area contributed by atoms with E-state index in [-0.39, 0.29) is 11.8 Å². The smallest absolute Gasteiger partial charge is 0.231 e. The van der Waals surface area contributed by atoms with E-state index < -0.39 is 0 Å². The summed E-state index contributed by atoms with van der Waals surface area (Å²) < 4.78 is 5.18. The summed E-state index contributed by atoms with van der Waals surface area (Å²) in [6, 6.07) is 9.96. The lowest BCUT2D eigenvalue weighted by Gasteiger charge is -1.98. The molecule has 4 heteroatoms. The van der Waals surface area contributed by atoms with Gasteiger partial charge in [0.25, 0.3) is 0 Å². The molecule has 3 rings (SSSR count). The molecular formula is C16H18N2O2. The summed E-state index contributed by atoms with van der Waals surface area (Å²) in [6.07, 6.45) is 1.98. The fraction of sp³-hybridized carbons (Fsp3) is 0.375. The molecule has 2 aromatic rings. The Kier molecular flexibility index (Phi) is 3.30. The second-order valence-corrected chi connectivity index (χ2v) is 5.44. The molecule has 0 saturated heterocycles. The quantitative estimate of drug-likeness (QED) is 0.925. The summed E-state index contributed by atoms with van der Waals surface area (Å²) >= 11 is 0. The second-order valence-electron chi connectivity index (χ2n) is 5.44. The van der Waals surface area contributed by atoms with Crippen LogP contribution in [-0.2, 0) is 11.2 Å². The van der Waals surface area contributed by atoms with E-state index in [2.05, 4.69) is 36.5 Å². The fourth-order valence-corrected chi connectivity index (χ4v) is 2.28. The molecule has 104 valence electrons. The number of hydrogen-bond donors (Lipinski definition) is 1. The van der Waals surface area contributed by atoms with Gasteiger partial charge in [-0.05, 0) is 24.3 Å². The normalized spacial score (nSPS) is 20.7. The molecule has 0 bridgehead atoms. The minimum Gasteiger partial charge on any atom is -0.338 e. The molecular weight excluding hydrogens is 252 g/mol. The molecule has 1 aliphatic rings. The Morgan fingerprint density at radius 1 is 1.40 bits per heavy atom. The molecule has 1 aromatic carbocycles. The van der Waals surface area contributed by atoms with Crippen LogP contribution in [0.1, 0.15) is 25.8 Å². The number of hydrogen-bond acceptors (Lipinski definition) is 3. The van der Waals surface area contributed by atoms with Crippen LogP contribution in [0.5, 0.6) is 0 Å². The van der Waals surface area contributed by atoms with Gasteiger partial charge < -0.3 is 4.52 Å². The summed E-state index contributed by atoms with van der Waals surface area (Å²) in [6.45, 7) is 4.20. The Balaban J connectivity index is 1.70. The van der Waals surface area contributed by atoms with Crippen LogP contribution in [0.4, 0.5) is 5.88 Å². The third-order valence-corrected chi connectivity index (χ3v) is 3.86. The molecule has 1 aliphatic carbocycles. The van der Waals surface area contributed by atoms with Crippen molar-refractivity contribution in [1.29, 1.82) is 0 Å². The summed E-state index contributed by atoms with van der Waals surface area (Å²) in [5, 5.41) is 6.78. The summed E-state index contributed by atoms with van der Waals surface area (Å²) in [4.78, 5) is 11.8. The largest absolute Gasteiger partial charge is 0.338 e. The Bertz CT molecular complexity index is 616. The number of aromatic nitrogens is 1. The minimum absolute atomic E-state index is 0.0292. The van der Waals surface area contributed by atoms with Crippen LogP contribution in [0.25, 0.3) is 11.3 Å². The highest BCUT2D eigenvalue weighted by molar-refractivity contribution is 5.93. The number of nitrogens with one attached hydrogen (secondary N) is 1. The summed E-state index contributed by atoms with van der Waals surface area (Å²) in [5.41, 5.74) is 3.02. The van der Waals surface area contributed by atoms with Gasteiger partial charge in [-0.2, -0.15) is 0 Å². The SMILES string of the molecule is CCc1ccc(-c2cc(NC(=O)C3CC3C)on2)cc1. The zero-order chi connectivity index (χ0) is 14.1. The van der Waals surface area contributed by atoms with E-state index in [1.807, 2.05) is 12.1 Å². The summed E-state index contributed by atoms with van der Waals surface area (Å²) in [7, 11) is 0. The van der Waals surface area contributed by atoms with Crippen molar-refractivity contribution < 1.29 is 9.32 Å². The molecule has 1 fully saturated rings. The van der Waals surface area contributed by atoms with E-state index in [1.165, 1.54) is 5.56 Å². The highest BCUT2D eigenvalue weighted by atomic mass is 16.5. The van der Waals surface area contributed by atoms with Gasteiger partial charge in [0.15, 0.2) is 0 Å². The van der Waals surface area contributed by atoms with E-state index in [9.17, 15) is 4.79 Å². The highest BCUT2D eigenvalue weighted by Gasteiger charge is 2.39. The van der Waals surface area contributed by atoms with Crippen LogP contribution in [0, 0.1) is 11.8 Å². The third kappa shape index (κ3) is 2.59. The average Bonchev–Trinajstić information content (AvgIpc) is 3.02. The van der Waals surface area contributed by atoms with E-state index in [0.717, 1.165) is 24.1 Å². The molecule has 4 nitrogen and oxygen atoms in total. The van der Waals surface area contributed by atoms with Crippen molar-refractivity contribution in [2.75, 3.05) is 5.32 Å². The van der Waals surface area contributed by atoms with Crippen LogP contribution in [-0.4, -0.2) is 11.1 Å². The maximum Gasteiger partial charge on any atom is 0.231 e. The monoisotopic (exact) mass is 270 g/mol. The number of carbonyl (C=O) groups is 1. The molecule has 1 saturated carbocycles. The lowest BCUT2D eigenvalue weighted by Crippen LogP contribution is -2.13. The Morgan fingerprint density at radius 2 is 2.10 bits per heavy atom. The lowest BCUT2D eigenvalue weighted by atomic mass is 10.1. The zero-order valence-corrected chi connectivity index (χ0v) is 11.7. The molecule has 0 aliphatic heterocycles. The van der Waals surface area contributed by atoms with Crippen molar-refractivity contribution in [1.82, 2.24) is 5.16 Å². The molecule has 1 N–H and O–H groups in total. The van der Waals surface area contributed by atoms with Gasteiger partial charge in [-0.25, -0.2) is 0 Å². The van der Waals surface area contributed by atoms with Gasteiger partial charge in [-0.3, -0.25) is 10.1 Å². The molecule has 2 atom stereocenters. The number of rotatable bonds is 4. The molecule has 1 heterocycles. The van der Waals surface area contributed by atoms with E-state index in [0.29, 0.717) is 11.8 Å². The van der Waals surface area contributed by atoms with E-state index in [1.54, 1.807) is 6.07 Å². The second kappa shape index (κ2) is 5.12. The van der Waals surface area contributed by atoms with Crippen LogP contribution in [0.15, 0.2) is 34.9 Å². The maximum absolute atomic E-state index is 11.8. The predicted molar refractivity (Wildman–Crippen MR) is 77.2 cm³/mol. The predicted octanol–water partition coefficient (Wildman–Crippen LogP) is 3.50. The lowest BCUT2D eigenvalue weighted by molar-refractivity contribution is -0.117. The van der Waals surface area contributed by atoms with Crippen molar-refractivity contribution in [2.45, 2.75) is 26.7 Å². The maximum atomic E-state index is 11.8. The first-order valence-electron chi connectivity index (χ1n) is 7.04. The molecule has 20 heavy (non-hydrogen) atoms. The highest BCUT2D eigenvalue weighted by Crippen LogP contribution is 2.38. The molecule has 0 spiro atoms. The van der Waals surface area contributed by atoms with Gasteiger partial charge in [0.2, 0.25) is 11.8 Å². The molecule has 0 radical (unpaired) electrons.